The Morgan fingerprint density at radius 1 is 0.696 bits per heavy atom. The summed E-state index contributed by atoms with van der Waals surface area (Å²) in [6, 6.07) is 0. The van der Waals surface area contributed by atoms with Gasteiger partial charge in [-0.25, -0.2) is 0 Å². The molecule has 0 radical (unpaired) electrons. The van der Waals surface area contributed by atoms with Crippen LogP contribution >= 0.6 is 0 Å². The van der Waals surface area contributed by atoms with Crippen molar-refractivity contribution in [3.63, 3.8) is 0 Å². The van der Waals surface area contributed by atoms with Gasteiger partial charge in [0.15, 0.2) is 12.6 Å². The Bertz CT molecular complexity index is 349. The van der Waals surface area contributed by atoms with Crippen LogP contribution in [-0.2, 0) is 14.2 Å². The molecule has 2 saturated heterocycles. The monoisotopic (exact) mass is 341 g/mol. The maximum Gasteiger partial charge on any atom is 0.189 e. The van der Waals surface area contributed by atoms with Gasteiger partial charge in [0, 0.05) is 6.54 Å². The highest BCUT2D eigenvalue weighted by molar-refractivity contribution is 4.92. The predicted octanol–water partition coefficient (Wildman–Crippen LogP) is -5.43. The summed E-state index contributed by atoms with van der Waals surface area (Å²) in [7, 11) is 0. The van der Waals surface area contributed by atoms with Crippen LogP contribution in [0, 0.1) is 0 Å². The van der Waals surface area contributed by atoms with Crippen LogP contribution in [0.2, 0.25) is 0 Å². The van der Waals surface area contributed by atoms with Gasteiger partial charge in [0.25, 0.3) is 0 Å². The van der Waals surface area contributed by atoms with Gasteiger partial charge in [-0.05, 0) is 0 Å². The second-order valence-corrected chi connectivity index (χ2v) is 5.58. The molecule has 0 aliphatic carbocycles. The van der Waals surface area contributed by atoms with Crippen LogP contribution in [0.5, 0.6) is 0 Å². The van der Waals surface area contributed by atoms with Gasteiger partial charge in [-0.2, -0.15) is 0 Å². The zero-order valence-corrected chi connectivity index (χ0v) is 12.1. The maximum absolute atomic E-state index is 9.88. The van der Waals surface area contributed by atoms with E-state index in [1.807, 2.05) is 0 Å². The number of aliphatic hydroxyl groups excluding tert-OH is 7. The topological polar surface area (TPSA) is 195 Å². The summed E-state index contributed by atoms with van der Waals surface area (Å²) < 4.78 is 15.5. The van der Waals surface area contributed by atoms with E-state index in [0.29, 0.717) is 0 Å². The maximum atomic E-state index is 9.88. The molecule has 2 aliphatic heterocycles. The van der Waals surface area contributed by atoms with Crippen molar-refractivity contribution in [2.75, 3.05) is 13.2 Å². The summed E-state index contributed by atoms with van der Waals surface area (Å²) in [5, 5.41) is 67.6. The van der Waals surface area contributed by atoms with E-state index in [1.54, 1.807) is 0 Å². The number of rotatable bonds is 4. The lowest BCUT2D eigenvalue weighted by molar-refractivity contribution is -0.374. The molecule has 11 heteroatoms. The summed E-state index contributed by atoms with van der Waals surface area (Å²) in [5.41, 5.74) is 5.39. The first-order chi connectivity index (χ1) is 10.8. The summed E-state index contributed by atoms with van der Waals surface area (Å²) in [4.78, 5) is 0. The van der Waals surface area contributed by atoms with Crippen molar-refractivity contribution in [2.45, 2.75) is 61.4 Å². The van der Waals surface area contributed by atoms with E-state index in [1.165, 1.54) is 0 Å². The lowest BCUT2D eigenvalue weighted by Gasteiger charge is -2.44. The lowest BCUT2D eigenvalue weighted by Crippen LogP contribution is -2.64. The Labute approximate surface area is 131 Å². The molecule has 0 aromatic carbocycles. The molecular weight excluding hydrogens is 318 g/mol. The molecular formula is C12H23NO10. The molecule has 0 spiro atoms. The van der Waals surface area contributed by atoms with Gasteiger partial charge >= 0.3 is 0 Å². The standard InChI is InChI=1S/C12H23NO10/c13-1-3-5(15)7(17)9(19)11(21-3)23-12-10(20)8(18)6(16)4(2-14)22-12/h3-12,14-20H,1-2,13H2/t3-,4-,5+,6+,7-,8-,9+,10+,11+,12+/m0/s1. The molecule has 0 saturated carbocycles. The third-order valence-corrected chi connectivity index (χ3v) is 4.02. The largest absolute Gasteiger partial charge is 0.394 e. The van der Waals surface area contributed by atoms with Gasteiger partial charge in [-0.15, -0.1) is 0 Å². The van der Waals surface area contributed by atoms with Gasteiger partial charge in [0.2, 0.25) is 0 Å². The SMILES string of the molecule is NC[C@@H]1O[C@H](O[C@H]2O[C@@H](CO)[C@@H](O)[C@H](O)[C@H]2O)[C@H](O)[C@@H](O)[C@@H]1O. The number of hydrogen-bond donors (Lipinski definition) is 8. The molecule has 0 aromatic heterocycles. The van der Waals surface area contributed by atoms with Crippen molar-refractivity contribution in [2.24, 2.45) is 5.73 Å². The smallest absolute Gasteiger partial charge is 0.189 e. The van der Waals surface area contributed by atoms with Crippen LogP contribution in [0.3, 0.4) is 0 Å². The molecule has 136 valence electrons. The molecule has 2 rings (SSSR count). The minimum atomic E-state index is -1.69. The Morgan fingerprint density at radius 3 is 1.57 bits per heavy atom. The van der Waals surface area contributed by atoms with Gasteiger partial charge in [-0.3, -0.25) is 0 Å². The fourth-order valence-electron chi connectivity index (χ4n) is 2.54. The minimum Gasteiger partial charge on any atom is -0.394 e. The van der Waals surface area contributed by atoms with E-state index in [4.69, 9.17) is 25.1 Å². The van der Waals surface area contributed by atoms with Crippen molar-refractivity contribution < 1.29 is 50.0 Å². The molecule has 10 atom stereocenters. The highest BCUT2D eigenvalue weighted by Crippen LogP contribution is 2.27. The zero-order valence-electron chi connectivity index (χ0n) is 12.1. The normalized spacial score (nSPS) is 51.7. The predicted molar refractivity (Wildman–Crippen MR) is 70.6 cm³/mol. The molecule has 23 heavy (non-hydrogen) atoms. The molecule has 0 aromatic rings. The molecule has 2 aliphatic rings. The zero-order chi connectivity index (χ0) is 17.3. The van der Waals surface area contributed by atoms with Crippen LogP contribution < -0.4 is 5.73 Å². The lowest BCUT2D eigenvalue weighted by atomic mass is 9.98. The molecule has 2 fully saturated rings. The average molecular weight is 341 g/mol. The molecule has 0 bridgehead atoms. The first-order valence-corrected chi connectivity index (χ1v) is 7.17. The summed E-state index contributed by atoms with van der Waals surface area (Å²) >= 11 is 0. The second kappa shape index (κ2) is 7.63. The fraction of sp³-hybridized carbons (Fsp3) is 1.00. The van der Waals surface area contributed by atoms with Crippen molar-refractivity contribution in [3.05, 3.63) is 0 Å². The Morgan fingerprint density at radius 2 is 1.13 bits per heavy atom. The third kappa shape index (κ3) is 3.65. The van der Waals surface area contributed by atoms with E-state index in [2.05, 4.69) is 0 Å². The third-order valence-electron chi connectivity index (χ3n) is 4.02. The highest BCUT2D eigenvalue weighted by atomic mass is 16.8. The van der Waals surface area contributed by atoms with E-state index in [9.17, 15) is 30.6 Å². The summed E-state index contributed by atoms with van der Waals surface area (Å²) in [5.74, 6) is 0. The average Bonchev–Trinajstić information content (AvgIpc) is 2.55. The highest BCUT2D eigenvalue weighted by Gasteiger charge is 2.49. The molecule has 0 amide bonds. The summed E-state index contributed by atoms with van der Waals surface area (Å²) in [6.07, 6.45) is -14.9. The quantitative estimate of drug-likeness (QED) is 0.243. The molecule has 2 heterocycles. The Kier molecular flexibility index (Phi) is 6.27. The Hall–Kier alpha value is -0.440. The molecule has 0 unspecified atom stereocenters. The van der Waals surface area contributed by atoms with Gasteiger partial charge in [0.05, 0.1) is 6.61 Å². The fourth-order valence-corrected chi connectivity index (χ4v) is 2.54. The van der Waals surface area contributed by atoms with Crippen LogP contribution in [0.25, 0.3) is 0 Å². The van der Waals surface area contributed by atoms with E-state index < -0.39 is 68.0 Å². The van der Waals surface area contributed by atoms with Crippen LogP contribution in [0.15, 0.2) is 0 Å². The van der Waals surface area contributed by atoms with Crippen molar-refractivity contribution in [3.8, 4) is 0 Å². The van der Waals surface area contributed by atoms with Crippen LogP contribution in [0.4, 0.5) is 0 Å². The van der Waals surface area contributed by atoms with Crippen molar-refractivity contribution in [1.82, 2.24) is 0 Å². The van der Waals surface area contributed by atoms with Crippen molar-refractivity contribution >= 4 is 0 Å². The van der Waals surface area contributed by atoms with Gasteiger partial charge in [-0.1, -0.05) is 0 Å². The summed E-state index contributed by atoms with van der Waals surface area (Å²) in [6.45, 7) is -0.814. The van der Waals surface area contributed by atoms with E-state index >= 15 is 0 Å². The van der Waals surface area contributed by atoms with E-state index in [0.717, 1.165) is 0 Å². The molecule has 11 nitrogen and oxygen atoms in total. The van der Waals surface area contributed by atoms with Crippen molar-refractivity contribution in [1.29, 1.82) is 0 Å². The first kappa shape index (κ1) is 18.9. The number of hydrogen-bond acceptors (Lipinski definition) is 11. The number of ether oxygens (including phenoxy) is 3. The van der Waals surface area contributed by atoms with E-state index in [-0.39, 0.29) is 6.54 Å². The first-order valence-electron chi connectivity index (χ1n) is 7.17. The number of nitrogens with two attached hydrogens (primary N) is 1. The molecule has 9 N–H and O–H groups in total. The van der Waals surface area contributed by atoms with Crippen LogP contribution in [0.1, 0.15) is 0 Å². The minimum absolute atomic E-state index is 0.167. The van der Waals surface area contributed by atoms with Crippen LogP contribution in [-0.4, -0.2) is 110 Å². The van der Waals surface area contributed by atoms with Gasteiger partial charge in [0.1, 0.15) is 48.8 Å². The van der Waals surface area contributed by atoms with Gasteiger partial charge < -0.3 is 55.7 Å². The Balaban J connectivity index is 2.07. The second-order valence-electron chi connectivity index (χ2n) is 5.58. The number of aliphatic hydroxyl groups is 7.